The van der Waals surface area contributed by atoms with Crippen molar-refractivity contribution in [2.45, 2.75) is 11.6 Å². The molecule has 2 nitrogen and oxygen atoms in total. The average molecular weight is 394 g/mol. The number of fused-ring (bicyclic) bond motifs is 1. The molecular weight excluding hydrogens is 377 g/mol. The van der Waals surface area contributed by atoms with Crippen LogP contribution in [0.3, 0.4) is 0 Å². The summed E-state index contributed by atoms with van der Waals surface area (Å²) in [5.74, 6) is -0.234. The molecule has 0 aliphatic carbocycles. The Morgan fingerprint density at radius 1 is 0.552 bits per heavy atom. The maximum atomic E-state index is 15.0. The molecule has 0 unspecified atom stereocenters. The lowest BCUT2D eigenvalue weighted by Crippen LogP contribution is -2.44. The van der Waals surface area contributed by atoms with E-state index in [4.69, 9.17) is 0 Å². The standard InChI is InChI=1S/C24H17F3O2/c25-24(26,27)23(17-8-12-19(28)13-9-17,18-10-14-20(29)15-11-18)22-7-3-5-16-4-1-2-6-21(16)22/h1-15,28-29H. The summed E-state index contributed by atoms with van der Waals surface area (Å²) in [6.45, 7) is 0. The van der Waals surface area contributed by atoms with Crippen LogP contribution in [0.5, 0.6) is 11.5 Å². The molecule has 0 aliphatic rings. The molecule has 0 aliphatic heterocycles. The molecule has 0 bridgehead atoms. The Balaban J connectivity index is 2.18. The largest absolute Gasteiger partial charge is 0.508 e. The number of benzene rings is 4. The zero-order valence-electron chi connectivity index (χ0n) is 15.2. The van der Waals surface area contributed by atoms with Gasteiger partial charge in [0.1, 0.15) is 16.9 Å². The quantitative estimate of drug-likeness (QED) is 0.409. The van der Waals surface area contributed by atoms with Crippen molar-refractivity contribution in [3.8, 4) is 11.5 Å². The van der Waals surface area contributed by atoms with E-state index < -0.39 is 11.6 Å². The predicted octanol–water partition coefficient (Wildman–Crippen LogP) is 6.15. The van der Waals surface area contributed by atoms with Gasteiger partial charge in [-0.3, -0.25) is 0 Å². The molecule has 2 N–H and O–H groups in total. The third-order valence-corrected chi connectivity index (χ3v) is 5.22. The minimum absolute atomic E-state index is 0.0233. The molecule has 0 aromatic heterocycles. The molecule has 0 fully saturated rings. The molecular formula is C24H17F3O2. The van der Waals surface area contributed by atoms with Gasteiger partial charge in [0.15, 0.2) is 0 Å². The lowest BCUT2D eigenvalue weighted by Gasteiger charge is -2.38. The fourth-order valence-electron chi connectivity index (χ4n) is 3.93. The highest BCUT2D eigenvalue weighted by molar-refractivity contribution is 5.88. The van der Waals surface area contributed by atoms with Crippen LogP contribution in [0.15, 0.2) is 91.0 Å². The lowest BCUT2D eigenvalue weighted by molar-refractivity contribution is -0.166. The second-order valence-electron chi connectivity index (χ2n) is 6.87. The SMILES string of the molecule is Oc1ccc(C(c2ccc(O)cc2)(c2cccc3ccccc23)C(F)(F)F)cc1. The van der Waals surface area contributed by atoms with Gasteiger partial charge in [0.2, 0.25) is 0 Å². The maximum absolute atomic E-state index is 15.0. The molecule has 0 spiro atoms. The highest BCUT2D eigenvalue weighted by atomic mass is 19.4. The van der Waals surface area contributed by atoms with Gasteiger partial charge >= 0.3 is 6.18 Å². The molecule has 5 heteroatoms. The van der Waals surface area contributed by atoms with Crippen molar-refractivity contribution in [2.24, 2.45) is 0 Å². The second-order valence-corrected chi connectivity index (χ2v) is 6.87. The van der Waals surface area contributed by atoms with Crippen LogP contribution < -0.4 is 0 Å². The van der Waals surface area contributed by atoms with E-state index in [0.29, 0.717) is 10.8 Å². The van der Waals surface area contributed by atoms with E-state index in [1.54, 1.807) is 36.4 Å². The molecule has 4 aromatic carbocycles. The summed E-state index contributed by atoms with van der Waals surface area (Å²) in [5, 5.41) is 20.5. The number of hydrogen-bond donors (Lipinski definition) is 2. The number of aromatic hydroxyl groups is 2. The van der Waals surface area contributed by atoms with Crippen molar-refractivity contribution in [1.29, 1.82) is 0 Å². The molecule has 4 aromatic rings. The molecule has 0 amide bonds. The first-order valence-electron chi connectivity index (χ1n) is 8.98. The van der Waals surface area contributed by atoms with Crippen molar-refractivity contribution >= 4 is 10.8 Å². The van der Waals surface area contributed by atoms with Gasteiger partial charge in [-0.1, -0.05) is 66.7 Å². The molecule has 0 heterocycles. The monoisotopic (exact) mass is 394 g/mol. The van der Waals surface area contributed by atoms with E-state index in [-0.39, 0.29) is 28.2 Å². The van der Waals surface area contributed by atoms with Crippen LogP contribution in [0.25, 0.3) is 10.8 Å². The highest BCUT2D eigenvalue weighted by Crippen LogP contribution is 2.53. The topological polar surface area (TPSA) is 40.5 Å². The molecule has 0 saturated heterocycles. The number of rotatable bonds is 3. The third-order valence-electron chi connectivity index (χ3n) is 5.22. The summed E-state index contributed by atoms with van der Waals surface area (Å²) in [4.78, 5) is 0. The Hall–Kier alpha value is -3.47. The van der Waals surface area contributed by atoms with E-state index in [1.807, 2.05) is 0 Å². The third kappa shape index (κ3) is 2.99. The smallest absolute Gasteiger partial charge is 0.406 e. The first-order chi connectivity index (χ1) is 13.8. The molecule has 4 rings (SSSR count). The van der Waals surface area contributed by atoms with Crippen LogP contribution in [0, 0.1) is 0 Å². The highest BCUT2D eigenvalue weighted by Gasteiger charge is 2.58. The predicted molar refractivity (Wildman–Crippen MR) is 106 cm³/mol. The first kappa shape index (κ1) is 18.9. The van der Waals surface area contributed by atoms with Crippen LogP contribution >= 0.6 is 0 Å². The summed E-state index contributed by atoms with van der Waals surface area (Å²) < 4.78 is 45.1. The number of alkyl halides is 3. The van der Waals surface area contributed by atoms with Gasteiger partial charge in [0, 0.05) is 0 Å². The van der Waals surface area contributed by atoms with Crippen LogP contribution in [-0.2, 0) is 5.41 Å². The summed E-state index contributed by atoms with van der Waals surface area (Å²) >= 11 is 0. The Morgan fingerprint density at radius 3 is 1.55 bits per heavy atom. The van der Waals surface area contributed by atoms with E-state index in [0.717, 1.165) is 0 Å². The van der Waals surface area contributed by atoms with Crippen LogP contribution in [0.4, 0.5) is 13.2 Å². The normalized spacial score (nSPS) is 12.2. The van der Waals surface area contributed by atoms with Gasteiger partial charge in [0.25, 0.3) is 0 Å². The van der Waals surface area contributed by atoms with Crippen molar-refractivity contribution in [3.05, 3.63) is 108 Å². The molecule has 0 saturated carbocycles. The number of hydrogen-bond acceptors (Lipinski definition) is 2. The van der Waals surface area contributed by atoms with Crippen molar-refractivity contribution in [3.63, 3.8) is 0 Å². The Kier molecular flexibility index (Phi) is 4.46. The molecule has 146 valence electrons. The average Bonchev–Trinajstić information content (AvgIpc) is 2.70. The Labute approximate surface area is 165 Å². The van der Waals surface area contributed by atoms with Crippen molar-refractivity contribution in [2.75, 3.05) is 0 Å². The molecule has 29 heavy (non-hydrogen) atoms. The molecule has 0 atom stereocenters. The van der Waals surface area contributed by atoms with E-state index in [9.17, 15) is 10.2 Å². The summed E-state index contributed by atoms with van der Waals surface area (Å²) in [6.07, 6.45) is -4.70. The molecule has 0 radical (unpaired) electrons. The van der Waals surface area contributed by atoms with Crippen LogP contribution in [0.2, 0.25) is 0 Å². The van der Waals surface area contributed by atoms with Gasteiger partial charge in [0.05, 0.1) is 0 Å². The Bertz CT molecular complexity index is 1100. The summed E-state index contributed by atoms with van der Waals surface area (Å²) in [7, 11) is 0. The van der Waals surface area contributed by atoms with Gasteiger partial charge in [-0.25, -0.2) is 0 Å². The zero-order valence-corrected chi connectivity index (χ0v) is 15.2. The minimum atomic E-state index is -4.70. The first-order valence-corrected chi connectivity index (χ1v) is 8.98. The van der Waals surface area contributed by atoms with E-state index in [1.165, 1.54) is 54.6 Å². The van der Waals surface area contributed by atoms with Gasteiger partial charge in [-0.2, -0.15) is 13.2 Å². The fraction of sp³-hybridized carbons (Fsp3) is 0.0833. The van der Waals surface area contributed by atoms with Gasteiger partial charge < -0.3 is 10.2 Å². The second kappa shape index (κ2) is 6.85. The summed E-state index contributed by atoms with van der Waals surface area (Å²) in [6, 6.07) is 22.0. The van der Waals surface area contributed by atoms with Crippen LogP contribution in [0.1, 0.15) is 16.7 Å². The fourth-order valence-corrected chi connectivity index (χ4v) is 3.93. The number of phenolic OH excluding ortho intramolecular Hbond substituents is 2. The van der Waals surface area contributed by atoms with Gasteiger partial charge in [-0.15, -0.1) is 0 Å². The van der Waals surface area contributed by atoms with E-state index >= 15 is 13.2 Å². The zero-order chi connectivity index (χ0) is 20.6. The van der Waals surface area contributed by atoms with Gasteiger partial charge in [-0.05, 0) is 51.7 Å². The number of phenols is 2. The summed E-state index contributed by atoms with van der Waals surface area (Å²) in [5.41, 5.74) is -2.45. The Morgan fingerprint density at radius 2 is 1.03 bits per heavy atom. The maximum Gasteiger partial charge on any atom is 0.406 e. The van der Waals surface area contributed by atoms with Crippen LogP contribution in [-0.4, -0.2) is 16.4 Å². The number of halogens is 3. The minimum Gasteiger partial charge on any atom is -0.508 e. The van der Waals surface area contributed by atoms with E-state index in [2.05, 4.69) is 0 Å². The lowest BCUT2D eigenvalue weighted by atomic mass is 9.67. The van der Waals surface area contributed by atoms with Crippen molar-refractivity contribution < 1.29 is 23.4 Å². The van der Waals surface area contributed by atoms with Crippen molar-refractivity contribution in [1.82, 2.24) is 0 Å².